The van der Waals surface area contributed by atoms with Crippen LogP contribution < -0.4 is 15.4 Å². The van der Waals surface area contributed by atoms with Crippen LogP contribution in [0.2, 0.25) is 0 Å². The zero-order chi connectivity index (χ0) is 20.9. The molecule has 30 heavy (non-hydrogen) atoms. The minimum absolute atomic E-state index is 0.0806. The number of aromatic nitrogens is 2. The third kappa shape index (κ3) is 2.61. The molecule has 1 aliphatic rings. The number of aromatic hydroxyl groups is 1. The number of amides is 3. The second kappa shape index (κ2) is 6.41. The zero-order valence-corrected chi connectivity index (χ0v) is 15.7. The number of nitrogens with zero attached hydrogens (tertiary/aromatic N) is 2. The lowest BCUT2D eigenvalue weighted by Crippen LogP contribution is -2.47. The van der Waals surface area contributed by atoms with Gasteiger partial charge in [-0.05, 0) is 30.3 Å². The molecule has 0 saturated carbocycles. The molecule has 1 saturated heterocycles. The highest BCUT2D eigenvalue weighted by Gasteiger charge is 2.51. The maximum atomic E-state index is 12.8. The largest absolute Gasteiger partial charge is 0.497 e. The van der Waals surface area contributed by atoms with Gasteiger partial charge in [0.1, 0.15) is 11.4 Å². The highest BCUT2D eigenvalue weighted by molar-refractivity contribution is 6.07. The van der Waals surface area contributed by atoms with Gasteiger partial charge in [0.2, 0.25) is 0 Å². The molecule has 1 aliphatic heterocycles. The topological polar surface area (TPSA) is 132 Å². The Labute approximate surface area is 169 Å². The van der Waals surface area contributed by atoms with Crippen LogP contribution in [0.4, 0.5) is 4.79 Å². The van der Waals surface area contributed by atoms with Gasteiger partial charge >= 0.3 is 6.03 Å². The van der Waals surface area contributed by atoms with E-state index in [1.54, 1.807) is 36.5 Å². The normalized spacial score (nSPS) is 18.6. The first-order valence-electron chi connectivity index (χ1n) is 9.01. The number of ether oxygens (including phenoxy) is 1. The number of imide groups is 1. The number of urea groups is 1. The van der Waals surface area contributed by atoms with E-state index in [0.717, 1.165) is 5.39 Å². The molecule has 4 heterocycles. The maximum Gasteiger partial charge on any atom is 0.322 e. The fourth-order valence-corrected chi connectivity index (χ4v) is 3.60. The van der Waals surface area contributed by atoms with E-state index in [1.807, 2.05) is 0 Å². The van der Waals surface area contributed by atoms with Crippen molar-refractivity contribution in [1.82, 2.24) is 20.4 Å². The number of hydrogen-bond acceptors (Lipinski definition) is 7. The first kappa shape index (κ1) is 17.9. The van der Waals surface area contributed by atoms with Gasteiger partial charge in [-0.25, -0.2) is 4.79 Å². The Morgan fingerprint density at radius 3 is 2.83 bits per heavy atom. The summed E-state index contributed by atoms with van der Waals surface area (Å²) < 4.78 is 17.4. The molecule has 3 amide bonds. The molecule has 10 heteroatoms. The first-order valence-corrected chi connectivity index (χ1v) is 9.01. The summed E-state index contributed by atoms with van der Waals surface area (Å²) in [6.07, 6.45) is 3.16. The molecule has 0 radical (unpaired) electrons. The number of methoxy groups -OCH3 is 1. The predicted molar refractivity (Wildman–Crippen MR) is 103 cm³/mol. The van der Waals surface area contributed by atoms with Gasteiger partial charge in [-0.2, -0.15) is 0 Å². The van der Waals surface area contributed by atoms with Crippen molar-refractivity contribution >= 4 is 22.7 Å². The van der Waals surface area contributed by atoms with Crippen LogP contribution in [0.15, 0.2) is 57.8 Å². The molecule has 0 spiro atoms. The molecule has 3 N–H and O–H groups in total. The Morgan fingerprint density at radius 1 is 1.27 bits per heavy atom. The van der Waals surface area contributed by atoms with Crippen molar-refractivity contribution in [3.05, 3.63) is 54.6 Å². The average molecular weight is 408 g/mol. The van der Waals surface area contributed by atoms with Crippen LogP contribution in [0, 0.1) is 0 Å². The molecule has 152 valence electrons. The van der Waals surface area contributed by atoms with Crippen molar-refractivity contribution in [2.24, 2.45) is 0 Å². The molecular weight excluding hydrogens is 392 g/mol. The highest BCUT2D eigenvalue weighted by Crippen LogP contribution is 2.36. The lowest BCUT2D eigenvalue weighted by atomic mass is 9.95. The Kier molecular flexibility index (Phi) is 3.82. The van der Waals surface area contributed by atoms with Crippen LogP contribution in [-0.4, -0.2) is 33.9 Å². The summed E-state index contributed by atoms with van der Waals surface area (Å²) in [6.45, 7) is -0.125. The van der Waals surface area contributed by atoms with Crippen LogP contribution in [0.5, 0.6) is 11.6 Å². The molecule has 4 aromatic rings. The van der Waals surface area contributed by atoms with Gasteiger partial charge in [-0.3, -0.25) is 10.1 Å². The van der Waals surface area contributed by atoms with E-state index >= 15 is 0 Å². The third-order valence-corrected chi connectivity index (χ3v) is 5.12. The molecular formula is C20H16N4O6. The van der Waals surface area contributed by atoms with Gasteiger partial charge in [0, 0.05) is 23.0 Å². The van der Waals surface area contributed by atoms with E-state index < -0.39 is 17.5 Å². The van der Waals surface area contributed by atoms with Gasteiger partial charge in [0.15, 0.2) is 22.9 Å². The fraction of sp³-hybridized carbons (Fsp3) is 0.150. The number of furan rings is 1. The van der Waals surface area contributed by atoms with Gasteiger partial charge in [0.05, 0.1) is 19.9 Å². The van der Waals surface area contributed by atoms with Gasteiger partial charge in [0.25, 0.3) is 5.91 Å². The maximum absolute atomic E-state index is 12.8. The van der Waals surface area contributed by atoms with Crippen LogP contribution in [0.1, 0.15) is 5.76 Å². The summed E-state index contributed by atoms with van der Waals surface area (Å²) in [5.41, 5.74) is -1.24. The lowest BCUT2D eigenvalue weighted by Gasteiger charge is -2.23. The van der Waals surface area contributed by atoms with Crippen LogP contribution in [-0.2, 0) is 16.9 Å². The zero-order valence-electron chi connectivity index (χ0n) is 15.7. The molecule has 1 aromatic carbocycles. The summed E-state index contributed by atoms with van der Waals surface area (Å²) in [4.78, 5) is 24.8. The second-order valence-corrected chi connectivity index (χ2v) is 6.90. The van der Waals surface area contributed by atoms with E-state index in [9.17, 15) is 14.7 Å². The lowest BCUT2D eigenvalue weighted by molar-refractivity contribution is -0.125. The van der Waals surface area contributed by atoms with Crippen molar-refractivity contribution in [2.75, 3.05) is 7.11 Å². The minimum atomic E-state index is -1.61. The predicted octanol–water partition coefficient (Wildman–Crippen LogP) is 2.34. The number of hydrogen-bond donors (Lipinski definition) is 3. The van der Waals surface area contributed by atoms with Gasteiger partial charge < -0.3 is 28.7 Å². The molecule has 1 fully saturated rings. The number of nitrogens with one attached hydrogen (secondary N) is 2. The SMILES string of the molecule is COc1ccc2cn(C[C@@]3(c4cc(-c5ccco5)no4)NC(=O)NC3=O)c(O)c2c1. The molecule has 10 nitrogen and oxygen atoms in total. The van der Waals surface area contributed by atoms with Crippen LogP contribution in [0.3, 0.4) is 0 Å². The van der Waals surface area contributed by atoms with Gasteiger partial charge in [-0.1, -0.05) is 5.16 Å². The van der Waals surface area contributed by atoms with Crippen LogP contribution >= 0.6 is 0 Å². The van der Waals surface area contributed by atoms with Crippen molar-refractivity contribution in [3.8, 4) is 23.1 Å². The number of rotatable bonds is 5. The molecule has 0 bridgehead atoms. The summed E-state index contributed by atoms with van der Waals surface area (Å²) in [6, 6.07) is 9.47. The number of benzene rings is 1. The Balaban J connectivity index is 1.59. The fourth-order valence-electron chi connectivity index (χ4n) is 3.60. The Morgan fingerprint density at radius 2 is 2.13 bits per heavy atom. The van der Waals surface area contributed by atoms with E-state index in [1.165, 1.54) is 24.0 Å². The van der Waals surface area contributed by atoms with Gasteiger partial charge in [-0.15, -0.1) is 0 Å². The summed E-state index contributed by atoms with van der Waals surface area (Å²) in [5, 5.41) is 20.8. The van der Waals surface area contributed by atoms with E-state index in [4.69, 9.17) is 13.7 Å². The molecule has 0 aliphatic carbocycles. The molecule has 1 atom stereocenters. The van der Waals surface area contributed by atoms with Crippen LogP contribution in [0.25, 0.3) is 22.2 Å². The standard InChI is InChI=1S/C20H16N4O6/c1-28-12-5-4-11-9-24(17(25)13(11)7-12)10-20(18(26)21-19(27)22-20)16-8-14(23-30-16)15-3-2-6-29-15/h2-9,25H,10H2,1H3,(H2,21,22,26,27)/t20-/m0/s1. The first-order chi connectivity index (χ1) is 14.5. The molecule has 5 rings (SSSR count). The van der Waals surface area contributed by atoms with Crippen molar-refractivity contribution < 1.29 is 28.4 Å². The minimum Gasteiger partial charge on any atom is -0.497 e. The highest BCUT2D eigenvalue weighted by atomic mass is 16.5. The summed E-state index contributed by atoms with van der Waals surface area (Å²) >= 11 is 0. The van der Waals surface area contributed by atoms with E-state index in [-0.39, 0.29) is 18.2 Å². The van der Waals surface area contributed by atoms with Crippen molar-refractivity contribution in [3.63, 3.8) is 0 Å². The third-order valence-electron chi connectivity index (χ3n) is 5.12. The van der Waals surface area contributed by atoms with E-state index in [2.05, 4.69) is 15.8 Å². The number of carbonyl (C=O) groups is 2. The molecule has 0 unspecified atom stereocenters. The Bertz CT molecular complexity index is 1270. The average Bonchev–Trinajstić information content (AvgIpc) is 3.51. The molecule has 3 aromatic heterocycles. The number of fused-ring (bicyclic) bond motifs is 1. The summed E-state index contributed by atoms with van der Waals surface area (Å²) in [5.74, 6) is 0.432. The monoisotopic (exact) mass is 408 g/mol. The Hall–Kier alpha value is -4.21. The van der Waals surface area contributed by atoms with Crippen molar-refractivity contribution in [2.45, 2.75) is 12.1 Å². The second-order valence-electron chi connectivity index (χ2n) is 6.90. The quantitative estimate of drug-likeness (QED) is 0.432. The smallest absolute Gasteiger partial charge is 0.322 e. The summed E-state index contributed by atoms with van der Waals surface area (Å²) in [7, 11) is 1.53. The van der Waals surface area contributed by atoms with Crippen molar-refractivity contribution in [1.29, 1.82) is 0 Å². The number of carbonyl (C=O) groups excluding carboxylic acids is 2. The van der Waals surface area contributed by atoms with E-state index in [0.29, 0.717) is 22.6 Å².